The number of hydrogen-bond acceptors (Lipinski definition) is 7. The van der Waals surface area contributed by atoms with Crippen molar-refractivity contribution in [3.8, 4) is 0 Å². The highest BCUT2D eigenvalue weighted by Gasteiger charge is 2.45. The molecular weight excluding hydrogens is 338 g/mol. The van der Waals surface area contributed by atoms with Gasteiger partial charge in [-0.2, -0.15) is 0 Å². The zero-order valence-corrected chi connectivity index (χ0v) is 14.9. The van der Waals surface area contributed by atoms with E-state index in [1.807, 2.05) is 12.1 Å². The summed E-state index contributed by atoms with van der Waals surface area (Å²) in [6.45, 7) is 3.42. The van der Waals surface area contributed by atoms with Crippen molar-refractivity contribution in [3.05, 3.63) is 46.8 Å². The molecule has 0 bridgehead atoms. The lowest BCUT2D eigenvalue weighted by molar-refractivity contribution is -0.254. The first-order valence-corrected chi connectivity index (χ1v) is 8.75. The van der Waals surface area contributed by atoms with Crippen LogP contribution in [-0.2, 0) is 17.6 Å². The summed E-state index contributed by atoms with van der Waals surface area (Å²) in [5.41, 5.74) is 3.77. The van der Waals surface area contributed by atoms with E-state index >= 15 is 0 Å². The van der Waals surface area contributed by atoms with Crippen LogP contribution in [0.15, 0.2) is 24.3 Å². The molecule has 8 heteroatoms. The van der Waals surface area contributed by atoms with Gasteiger partial charge in [-0.05, 0) is 24.5 Å². The summed E-state index contributed by atoms with van der Waals surface area (Å²) in [5.74, 6) is 0. The second kappa shape index (κ2) is 7.81. The van der Waals surface area contributed by atoms with Gasteiger partial charge in [-0.1, -0.05) is 36.4 Å². The Bertz CT molecular complexity index is 731. The molecule has 26 heavy (non-hydrogen) atoms. The van der Waals surface area contributed by atoms with Gasteiger partial charge in [0.2, 0.25) is 0 Å². The zero-order chi connectivity index (χ0) is 18.8. The smallest absolute Gasteiger partial charge is 0.181 e. The Labute approximate surface area is 151 Å². The van der Waals surface area contributed by atoms with Gasteiger partial charge < -0.3 is 25.2 Å². The lowest BCUT2D eigenvalue weighted by Gasteiger charge is -2.39. The van der Waals surface area contributed by atoms with E-state index in [1.54, 1.807) is 6.92 Å². The zero-order valence-electron chi connectivity index (χ0n) is 14.9. The Hall–Kier alpha value is -1.84. The summed E-state index contributed by atoms with van der Waals surface area (Å²) < 4.78 is 6.93. The maximum atomic E-state index is 10.3. The molecule has 4 N–H and O–H groups in total. The predicted molar refractivity (Wildman–Crippen MR) is 92.4 cm³/mol. The van der Waals surface area contributed by atoms with Crippen LogP contribution >= 0.6 is 0 Å². The first-order valence-electron chi connectivity index (χ1n) is 8.75. The molecule has 5 atom stereocenters. The lowest BCUT2D eigenvalue weighted by Crippen LogP contribution is -2.56. The van der Waals surface area contributed by atoms with Crippen LogP contribution in [-0.4, -0.2) is 66.4 Å². The second-order valence-corrected chi connectivity index (χ2v) is 6.63. The van der Waals surface area contributed by atoms with Crippen LogP contribution < -0.4 is 0 Å². The third-order valence-electron chi connectivity index (χ3n) is 4.93. The molecular formula is C18H25N3O5. The molecule has 0 saturated carbocycles. The van der Waals surface area contributed by atoms with E-state index in [0.29, 0.717) is 12.1 Å². The monoisotopic (exact) mass is 363 g/mol. The number of aryl methyl sites for hydroxylation is 1. The number of hydrogen-bond donors (Lipinski definition) is 4. The molecule has 1 saturated heterocycles. The molecule has 1 aromatic carbocycles. The van der Waals surface area contributed by atoms with Crippen LogP contribution in [0, 0.1) is 6.92 Å². The highest BCUT2D eigenvalue weighted by atomic mass is 16.6. The second-order valence-electron chi connectivity index (χ2n) is 6.63. The van der Waals surface area contributed by atoms with Crippen molar-refractivity contribution in [2.75, 3.05) is 6.61 Å². The fourth-order valence-corrected chi connectivity index (χ4v) is 3.15. The Morgan fingerprint density at radius 2 is 1.69 bits per heavy atom. The summed E-state index contributed by atoms with van der Waals surface area (Å²) in [7, 11) is 0. The van der Waals surface area contributed by atoms with Crippen LogP contribution in [0.5, 0.6) is 0 Å². The summed E-state index contributed by atoms with van der Waals surface area (Å²) >= 11 is 0. The van der Waals surface area contributed by atoms with Crippen LogP contribution in [0.1, 0.15) is 35.7 Å². The standard InChI is InChI=1S/C18H25N3O5/c1-3-11-4-6-12(7-5-11)8-13-10(2)21(20-19-13)18-17(25)16(24)15(23)14(9-22)26-18/h4-7,14-18,22-25H,3,8-9H2,1-2H3/t14-,15-,16+,17-,18-/m1/s1. The topological polar surface area (TPSA) is 121 Å². The van der Waals surface area contributed by atoms with Crippen LogP contribution in [0.2, 0.25) is 0 Å². The summed E-state index contributed by atoms with van der Waals surface area (Å²) in [6.07, 6.45) is -4.68. The first-order chi connectivity index (χ1) is 12.5. The number of aliphatic hydroxyl groups is 4. The van der Waals surface area contributed by atoms with Crippen molar-refractivity contribution in [2.24, 2.45) is 0 Å². The van der Waals surface area contributed by atoms with Crippen LogP contribution in [0.25, 0.3) is 0 Å². The van der Waals surface area contributed by atoms with E-state index in [0.717, 1.165) is 17.7 Å². The molecule has 0 spiro atoms. The molecule has 1 aromatic heterocycles. The molecule has 2 aromatic rings. The van der Waals surface area contributed by atoms with Crippen molar-refractivity contribution in [2.45, 2.75) is 57.3 Å². The van der Waals surface area contributed by atoms with Gasteiger partial charge in [0.15, 0.2) is 6.23 Å². The van der Waals surface area contributed by atoms with Gasteiger partial charge in [0.1, 0.15) is 24.4 Å². The van der Waals surface area contributed by atoms with Crippen LogP contribution in [0.4, 0.5) is 0 Å². The number of nitrogens with zero attached hydrogens (tertiary/aromatic N) is 3. The Morgan fingerprint density at radius 1 is 1.04 bits per heavy atom. The van der Waals surface area contributed by atoms with Crippen molar-refractivity contribution < 1.29 is 25.2 Å². The molecule has 1 aliphatic heterocycles. The third kappa shape index (κ3) is 3.51. The van der Waals surface area contributed by atoms with Crippen molar-refractivity contribution in [1.29, 1.82) is 0 Å². The van der Waals surface area contributed by atoms with Gasteiger partial charge in [0, 0.05) is 6.42 Å². The van der Waals surface area contributed by atoms with Gasteiger partial charge >= 0.3 is 0 Å². The minimum Gasteiger partial charge on any atom is -0.394 e. The van der Waals surface area contributed by atoms with E-state index in [-0.39, 0.29) is 0 Å². The Balaban J connectivity index is 1.81. The van der Waals surface area contributed by atoms with Crippen molar-refractivity contribution in [1.82, 2.24) is 15.0 Å². The number of rotatable bonds is 5. The maximum Gasteiger partial charge on any atom is 0.181 e. The molecule has 3 rings (SSSR count). The minimum absolute atomic E-state index is 0.480. The summed E-state index contributed by atoms with van der Waals surface area (Å²) in [5, 5.41) is 47.7. The third-order valence-corrected chi connectivity index (χ3v) is 4.93. The molecule has 8 nitrogen and oxygen atoms in total. The number of aromatic nitrogens is 3. The highest BCUT2D eigenvalue weighted by molar-refractivity contribution is 5.27. The van der Waals surface area contributed by atoms with E-state index in [4.69, 9.17) is 4.74 Å². The minimum atomic E-state index is -1.44. The predicted octanol–water partition coefficient (Wildman–Crippen LogP) is -0.288. The fourth-order valence-electron chi connectivity index (χ4n) is 3.15. The first kappa shape index (κ1) is 18.9. The largest absolute Gasteiger partial charge is 0.394 e. The SMILES string of the molecule is CCc1ccc(Cc2nnn([C@@H]3O[C@H](CO)[C@@H](O)[C@H](O)[C@H]3O)c2C)cc1. The van der Waals surface area contributed by atoms with E-state index < -0.39 is 37.3 Å². The normalized spacial score (nSPS) is 29.1. The van der Waals surface area contributed by atoms with Gasteiger partial charge in [-0.3, -0.25) is 0 Å². The Morgan fingerprint density at radius 3 is 2.31 bits per heavy atom. The van der Waals surface area contributed by atoms with Gasteiger partial charge in [0.25, 0.3) is 0 Å². The highest BCUT2D eigenvalue weighted by Crippen LogP contribution is 2.29. The summed E-state index contributed by atoms with van der Waals surface area (Å²) in [6, 6.07) is 8.25. The van der Waals surface area contributed by atoms with Gasteiger partial charge in [0.05, 0.1) is 18.0 Å². The Kier molecular flexibility index (Phi) is 5.69. The molecule has 0 amide bonds. The molecule has 0 unspecified atom stereocenters. The van der Waals surface area contributed by atoms with Crippen molar-refractivity contribution >= 4 is 0 Å². The van der Waals surface area contributed by atoms with Gasteiger partial charge in [-0.25, -0.2) is 4.68 Å². The average molecular weight is 363 g/mol. The molecule has 0 aliphatic carbocycles. The van der Waals surface area contributed by atoms with Crippen LogP contribution in [0.3, 0.4) is 0 Å². The van der Waals surface area contributed by atoms with E-state index in [2.05, 4.69) is 29.4 Å². The lowest BCUT2D eigenvalue weighted by atomic mass is 9.98. The molecule has 142 valence electrons. The number of benzene rings is 1. The maximum absolute atomic E-state index is 10.3. The average Bonchev–Trinajstić information content (AvgIpc) is 3.01. The van der Waals surface area contributed by atoms with E-state index in [9.17, 15) is 20.4 Å². The fraction of sp³-hybridized carbons (Fsp3) is 0.556. The molecule has 2 heterocycles. The van der Waals surface area contributed by atoms with Gasteiger partial charge in [-0.15, -0.1) is 5.10 Å². The van der Waals surface area contributed by atoms with Crippen molar-refractivity contribution in [3.63, 3.8) is 0 Å². The van der Waals surface area contributed by atoms with E-state index in [1.165, 1.54) is 10.2 Å². The summed E-state index contributed by atoms with van der Waals surface area (Å²) in [4.78, 5) is 0. The molecule has 1 fully saturated rings. The number of ether oxygens (including phenoxy) is 1. The quantitative estimate of drug-likeness (QED) is 0.576. The number of aliphatic hydroxyl groups excluding tert-OH is 4. The molecule has 0 radical (unpaired) electrons. The molecule has 1 aliphatic rings.